The van der Waals surface area contributed by atoms with E-state index in [1.165, 1.54) is 32.1 Å². The number of H-pyrrole nitrogens is 1. The van der Waals surface area contributed by atoms with Crippen molar-refractivity contribution in [3.8, 4) is 0 Å². The maximum absolute atomic E-state index is 13.2. The van der Waals surface area contributed by atoms with E-state index >= 15 is 0 Å². The predicted octanol–water partition coefficient (Wildman–Crippen LogP) is 2.54. The molecule has 1 aromatic heterocycles. The van der Waals surface area contributed by atoms with Gasteiger partial charge in [-0.1, -0.05) is 6.42 Å². The number of rotatable bonds is 4. The standard InChI is InChI=1S/C20H28N4O2/c25-18(17-11-16(21-22-17)15-5-6-15)24-10-8-20(13-24)7-2-9-23(19(20)26)12-14-3-1-4-14/h11,14-15H,1-10,12-13H2,(H,21,22). The summed E-state index contributed by atoms with van der Waals surface area (Å²) < 4.78 is 0. The number of nitrogens with one attached hydrogen (secondary N) is 1. The third-order valence-corrected chi connectivity index (χ3v) is 7.00. The van der Waals surface area contributed by atoms with E-state index in [0.29, 0.717) is 36.5 Å². The number of carbonyl (C=O) groups excluding carboxylic acids is 2. The third-order valence-electron chi connectivity index (χ3n) is 7.00. The first-order valence-electron chi connectivity index (χ1n) is 10.3. The first-order valence-corrected chi connectivity index (χ1v) is 10.3. The number of hydrogen-bond donors (Lipinski definition) is 1. The summed E-state index contributed by atoms with van der Waals surface area (Å²) in [5.41, 5.74) is 1.26. The molecule has 0 radical (unpaired) electrons. The van der Waals surface area contributed by atoms with Gasteiger partial charge in [0.05, 0.1) is 5.41 Å². The van der Waals surface area contributed by atoms with Crippen molar-refractivity contribution < 1.29 is 9.59 Å². The Bertz CT molecular complexity index is 721. The second kappa shape index (κ2) is 6.10. The highest BCUT2D eigenvalue weighted by Gasteiger charge is 2.50. The average Bonchev–Trinajstić information content (AvgIpc) is 3.18. The zero-order valence-electron chi connectivity index (χ0n) is 15.4. The largest absolute Gasteiger partial charge is 0.342 e. The Morgan fingerprint density at radius 3 is 2.77 bits per heavy atom. The lowest BCUT2D eigenvalue weighted by Crippen LogP contribution is -2.52. The second-order valence-electron chi connectivity index (χ2n) is 8.89. The van der Waals surface area contributed by atoms with Crippen molar-refractivity contribution in [2.24, 2.45) is 11.3 Å². The number of nitrogens with zero attached hydrogens (tertiary/aromatic N) is 3. The Morgan fingerprint density at radius 1 is 1.19 bits per heavy atom. The van der Waals surface area contributed by atoms with E-state index in [9.17, 15) is 9.59 Å². The molecule has 3 heterocycles. The number of amides is 2. The summed E-state index contributed by atoms with van der Waals surface area (Å²) in [6, 6.07) is 1.91. The molecule has 5 rings (SSSR count). The topological polar surface area (TPSA) is 69.3 Å². The van der Waals surface area contributed by atoms with E-state index in [4.69, 9.17) is 0 Å². The highest BCUT2D eigenvalue weighted by Crippen LogP contribution is 2.42. The Morgan fingerprint density at radius 2 is 2.04 bits per heavy atom. The van der Waals surface area contributed by atoms with Gasteiger partial charge in [0.2, 0.25) is 5.91 Å². The third kappa shape index (κ3) is 2.74. The van der Waals surface area contributed by atoms with Crippen LogP contribution in [-0.2, 0) is 4.79 Å². The van der Waals surface area contributed by atoms with Gasteiger partial charge in [-0.15, -0.1) is 0 Å². The van der Waals surface area contributed by atoms with Crippen molar-refractivity contribution in [2.75, 3.05) is 26.2 Å². The molecule has 1 atom stereocenters. The summed E-state index contributed by atoms with van der Waals surface area (Å²) >= 11 is 0. The van der Waals surface area contributed by atoms with Crippen LogP contribution in [0.1, 0.15) is 73.5 Å². The molecule has 4 fully saturated rings. The summed E-state index contributed by atoms with van der Waals surface area (Å²) in [7, 11) is 0. The fraction of sp³-hybridized carbons (Fsp3) is 0.750. The van der Waals surface area contributed by atoms with Crippen LogP contribution in [0.25, 0.3) is 0 Å². The SMILES string of the molecule is O=C(c1cc(C2CC2)[nH]n1)N1CCC2(CCCN(CC3CCC3)C2=O)C1. The summed E-state index contributed by atoms with van der Waals surface area (Å²) in [6.45, 7) is 3.07. The van der Waals surface area contributed by atoms with Crippen LogP contribution >= 0.6 is 0 Å². The van der Waals surface area contributed by atoms with E-state index in [1.54, 1.807) is 0 Å². The normalized spacial score (nSPS) is 29.5. The molecule has 1 aromatic rings. The van der Waals surface area contributed by atoms with E-state index in [1.807, 2.05) is 11.0 Å². The zero-order chi connectivity index (χ0) is 17.7. The van der Waals surface area contributed by atoms with Crippen molar-refractivity contribution >= 4 is 11.8 Å². The molecule has 6 heteroatoms. The van der Waals surface area contributed by atoms with Crippen LogP contribution in [0.3, 0.4) is 0 Å². The summed E-state index contributed by atoms with van der Waals surface area (Å²) in [6.07, 6.45) is 9.01. The molecule has 1 spiro atoms. The highest BCUT2D eigenvalue weighted by molar-refractivity contribution is 5.94. The minimum absolute atomic E-state index is 0.0195. The Balaban J connectivity index is 1.27. The molecule has 2 saturated heterocycles. The quantitative estimate of drug-likeness (QED) is 0.901. The number of aromatic amines is 1. The fourth-order valence-corrected chi connectivity index (χ4v) is 4.95. The van der Waals surface area contributed by atoms with Crippen LogP contribution in [0.2, 0.25) is 0 Å². The molecule has 2 aliphatic carbocycles. The maximum atomic E-state index is 13.2. The van der Waals surface area contributed by atoms with Gasteiger partial charge in [-0.25, -0.2) is 0 Å². The molecule has 2 saturated carbocycles. The minimum atomic E-state index is -0.340. The van der Waals surface area contributed by atoms with Crippen LogP contribution in [0, 0.1) is 11.3 Å². The number of carbonyl (C=O) groups is 2. The molecule has 140 valence electrons. The number of likely N-dealkylation sites (tertiary alicyclic amines) is 2. The van der Waals surface area contributed by atoms with Crippen molar-refractivity contribution in [3.05, 3.63) is 17.5 Å². The van der Waals surface area contributed by atoms with Crippen molar-refractivity contribution in [1.29, 1.82) is 0 Å². The number of piperidine rings is 1. The van der Waals surface area contributed by atoms with Crippen molar-refractivity contribution in [3.63, 3.8) is 0 Å². The van der Waals surface area contributed by atoms with Crippen LogP contribution in [0.4, 0.5) is 0 Å². The molecule has 1 N–H and O–H groups in total. The van der Waals surface area contributed by atoms with Gasteiger partial charge >= 0.3 is 0 Å². The molecule has 2 amide bonds. The molecule has 2 aliphatic heterocycles. The molecule has 0 bridgehead atoms. The first-order chi connectivity index (χ1) is 12.6. The van der Waals surface area contributed by atoms with Gasteiger partial charge in [0.1, 0.15) is 5.69 Å². The van der Waals surface area contributed by atoms with E-state index in [0.717, 1.165) is 38.0 Å². The molecule has 26 heavy (non-hydrogen) atoms. The van der Waals surface area contributed by atoms with Crippen LogP contribution in [0.5, 0.6) is 0 Å². The van der Waals surface area contributed by atoms with Gasteiger partial charge in [0.25, 0.3) is 5.91 Å². The van der Waals surface area contributed by atoms with Gasteiger partial charge in [-0.2, -0.15) is 5.10 Å². The first kappa shape index (κ1) is 16.3. The van der Waals surface area contributed by atoms with Gasteiger partial charge in [-0.05, 0) is 56.9 Å². The Hall–Kier alpha value is -1.85. The van der Waals surface area contributed by atoms with E-state index in [2.05, 4.69) is 15.1 Å². The van der Waals surface area contributed by atoms with Gasteiger partial charge in [0, 0.05) is 37.8 Å². The van der Waals surface area contributed by atoms with E-state index < -0.39 is 0 Å². The highest BCUT2D eigenvalue weighted by atomic mass is 16.2. The monoisotopic (exact) mass is 356 g/mol. The Kier molecular flexibility index (Phi) is 3.83. The molecule has 1 unspecified atom stereocenters. The summed E-state index contributed by atoms with van der Waals surface area (Å²) in [4.78, 5) is 30.0. The lowest BCUT2D eigenvalue weighted by atomic mass is 9.77. The van der Waals surface area contributed by atoms with Crippen molar-refractivity contribution in [1.82, 2.24) is 20.0 Å². The lowest BCUT2D eigenvalue weighted by molar-refractivity contribution is -0.146. The lowest BCUT2D eigenvalue weighted by Gasteiger charge is -2.42. The van der Waals surface area contributed by atoms with Gasteiger partial charge < -0.3 is 9.80 Å². The minimum Gasteiger partial charge on any atom is -0.342 e. The molecule has 4 aliphatic rings. The summed E-state index contributed by atoms with van der Waals surface area (Å²) in [5, 5.41) is 7.26. The van der Waals surface area contributed by atoms with Crippen LogP contribution < -0.4 is 0 Å². The zero-order valence-corrected chi connectivity index (χ0v) is 15.4. The number of aromatic nitrogens is 2. The maximum Gasteiger partial charge on any atom is 0.274 e. The molecule has 6 nitrogen and oxygen atoms in total. The van der Waals surface area contributed by atoms with Gasteiger partial charge in [-0.3, -0.25) is 14.7 Å². The predicted molar refractivity (Wildman–Crippen MR) is 96.7 cm³/mol. The average molecular weight is 356 g/mol. The fourth-order valence-electron chi connectivity index (χ4n) is 4.95. The smallest absolute Gasteiger partial charge is 0.274 e. The van der Waals surface area contributed by atoms with Crippen molar-refractivity contribution in [2.45, 2.75) is 57.3 Å². The summed E-state index contributed by atoms with van der Waals surface area (Å²) in [5.74, 6) is 1.55. The molecular formula is C20H28N4O2. The molecule has 0 aromatic carbocycles. The van der Waals surface area contributed by atoms with Gasteiger partial charge in [0.15, 0.2) is 0 Å². The van der Waals surface area contributed by atoms with E-state index in [-0.39, 0.29) is 11.3 Å². The molecular weight excluding hydrogens is 328 g/mol. The second-order valence-corrected chi connectivity index (χ2v) is 8.89. The number of hydrogen-bond acceptors (Lipinski definition) is 3. The Labute approximate surface area is 154 Å². The van der Waals surface area contributed by atoms with Crippen LogP contribution in [-0.4, -0.2) is 58.0 Å². The van der Waals surface area contributed by atoms with Crippen LogP contribution in [0.15, 0.2) is 6.07 Å².